The van der Waals surface area contributed by atoms with Gasteiger partial charge >= 0.3 is 0 Å². The van der Waals surface area contributed by atoms with E-state index in [0.717, 1.165) is 13.1 Å². The fraction of sp³-hybridized carbons (Fsp3) is 0.647. The predicted molar refractivity (Wildman–Crippen MR) is 82.7 cm³/mol. The molecule has 0 radical (unpaired) electrons. The Morgan fingerprint density at radius 1 is 1.32 bits per heavy atom. The second kappa shape index (κ2) is 5.26. The molecule has 0 aliphatic carbocycles. The van der Waals surface area contributed by atoms with Crippen LogP contribution in [0.3, 0.4) is 0 Å². The zero-order valence-electron chi connectivity index (χ0n) is 13.0. The van der Waals surface area contributed by atoms with Crippen molar-refractivity contribution in [3.8, 4) is 0 Å². The highest BCUT2D eigenvalue weighted by Gasteiger charge is 2.31. The minimum Gasteiger partial charge on any atom is -0.312 e. The summed E-state index contributed by atoms with van der Waals surface area (Å²) in [7, 11) is 0. The lowest BCUT2D eigenvalue weighted by molar-refractivity contribution is 0.406. The van der Waals surface area contributed by atoms with Crippen LogP contribution in [0.4, 0.5) is 0 Å². The number of aryl methyl sites for hydroxylation is 1. The largest absolute Gasteiger partial charge is 0.312 e. The summed E-state index contributed by atoms with van der Waals surface area (Å²) in [6.07, 6.45) is 1.21. The van der Waals surface area contributed by atoms with Gasteiger partial charge in [0.25, 0.3) is 0 Å². The van der Waals surface area contributed by atoms with Gasteiger partial charge in [0.15, 0.2) is 0 Å². The number of nitrogens with one attached hydrogen (secondary N) is 2. The van der Waals surface area contributed by atoms with Crippen LogP contribution in [0.25, 0.3) is 0 Å². The van der Waals surface area contributed by atoms with E-state index in [1.807, 2.05) is 0 Å². The van der Waals surface area contributed by atoms with Crippen LogP contribution in [0.15, 0.2) is 24.3 Å². The van der Waals surface area contributed by atoms with Crippen molar-refractivity contribution in [2.24, 2.45) is 0 Å². The first-order valence-electron chi connectivity index (χ1n) is 7.35. The van der Waals surface area contributed by atoms with Crippen LogP contribution in [0.5, 0.6) is 0 Å². The fourth-order valence-electron chi connectivity index (χ4n) is 3.13. The molecule has 1 aromatic carbocycles. The molecule has 2 N–H and O–H groups in total. The molecule has 1 aliphatic heterocycles. The third kappa shape index (κ3) is 3.58. The highest BCUT2D eigenvalue weighted by Crippen LogP contribution is 2.26. The molecule has 106 valence electrons. The van der Waals surface area contributed by atoms with Crippen molar-refractivity contribution in [3.63, 3.8) is 0 Å². The van der Waals surface area contributed by atoms with Crippen molar-refractivity contribution in [2.75, 3.05) is 13.1 Å². The third-order valence-corrected chi connectivity index (χ3v) is 4.29. The van der Waals surface area contributed by atoms with Crippen LogP contribution in [0.2, 0.25) is 0 Å². The smallest absolute Gasteiger partial charge is 0.0210 e. The van der Waals surface area contributed by atoms with Crippen molar-refractivity contribution in [3.05, 3.63) is 35.4 Å². The molecule has 0 amide bonds. The molecule has 1 aliphatic rings. The molecule has 1 unspecified atom stereocenters. The van der Waals surface area contributed by atoms with E-state index in [4.69, 9.17) is 0 Å². The number of rotatable bonds is 4. The van der Waals surface area contributed by atoms with Gasteiger partial charge in [-0.1, -0.05) is 38.1 Å². The summed E-state index contributed by atoms with van der Waals surface area (Å²) in [5, 5.41) is 7.31. The molecule has 2 rings (SSSR count). The van der Waals surface area contributed by atoms with Crippen LogP contribution in [0, 0.1) is 6.92 Å². The first kappa shape index (κ1) is 14.5. The van der Waals surface area contributed by atoms with E-state index in [1.165, 1.54) is 17.5 Å². The Hall–Kier alpha value is -0.860. The van der Waals surface area contributed by atoms with Crippen molar-refractivity contribution in [2.45, 2.75) is 58.0 Å². The SMILES string of the molecule is Cc1ccccc1C(C)(C)CNC1CNC(C)(C)C1. The molecule has 19 heavy (non-hydrogen) atoms. The van der Waals surface area contributed by atoms with Crippen LogP contribution in [-0.2, 0) is 5.41 Å². The second-order valence-electron chi connectivity index (χ2n) is 7.25. The zero-order valence-corrected chi connectivity index (χ0v) is 13.0. The molecule has 0 aromatic heterocycles. The van der Waals surface area contributed by atoms with Crippen LogP contribution in [-0.4, -0.2) is 24.7 Å². The fourth-order valence-corrected chi connectivity index (χ4v) is 3.13. The lowest BCUT2D eigenvalue weighted by atomic mass is 9.82. The molecule has 2 nitrogen and oxygen atoms in total. The standard InChI is InChI=1S/C17H28N2/c1-13-8-6-7-9-15(13)16(2,3)12-18-14-10-17(4,5)19-11-14/h6-9,14,18-19H,10-12H2,1-5H3. The Morgan fingerprint density at radius 3 is 2.58 bits per heavy atom. The Balaban J connectivity index is 1.97. The van der Waals surface area contributed by atoms with Crippen molar-refractivity contribution in [1.29, 1.82) is 0 Å². The molecule has 0 saturated carbocycles. The van der Waals surface area contributed by atoms with Gasteiger partial charge in [-0.3, -0.25) is 0 Å². The lowest BCUT2D eigenvalue weighted by Gasteiger charge is -2.29. The van der Waals surface area contributed by atoms with Gasteiger partial charge in [0.2, 0.25) is 0 Å². The van der Waals surface area contributed by atoms with Gasteiger partial charge < -0.3 is 10.6 Å². The topological polar surface area (TPSA) is 24.1 Å². The molecule has 1 atom stereocenters. The van der Waals surface area contributed by atoms with Gasteiger partial charge in [0.05, 0.1) is 0 Å². The minimum atomic E-state index is 0.179. The number of hydrogen-bond acceptors (Lipinski definition) is 2. The molecule has 1 saturated heterocycles. The maximum Gasteiger partial charge on any atom is 0.0210 e. The summed E-state index contributed by atoms with van der Waals surface area (Å²) in [6, 6.07) is 9.32. The second-order valence-corrected chi connectivity index (χ2v) is 7.25. The van der Waals surface area contributed by atoms with E-state index >= 15 is 0 Å². The number of benzene rings is 1. The van der Waals surface area contributed by atoms with Crippen molar-refractivity contribution in [1.82, 2.24) is 10.6 Å². The van der Waals surface area contributed by atoms with E-state index in [-0.39, 0.29) is 11.0 Å². The maximum atomic E-state index is 3.74. The van der Waals surface area contributed by atoms with Crippen LogP contribution in [0.1, 0.15) is 45.2 Å². The van der Waals surface area contributed by atoms with E-state index in [0.29, 0.717) is 6.04 Å². The molecule has 0 bridgehead atoms. The van der Waals surface area contributed by atoms with Gasteiger partial charge in [0, 0.05) is 30.1 Å². The van der Waals surface area contributed by atoms with Gasteiger partial charge in [-0.05, 0) is 38.3 Å². The zero-order chi connectivity index (χ0) is 14.1. The summed E-state index contributed by atoms with van der Waals surface area (Å²) < 4.78 is 0. The molecule has 2 heteroatoms. The van der Waals surface area contributed by atoms with E-state index in [9.17, 15) is 0 Å². The highest BCUT2D eigenvalue weighted by molar-refractivity contribution is 5.32. The molecule has 1 aromatic rings. The first-order chi connectivity index (χ1) is 8.80. The van der Waals surface area contributed by atoms with Gasteiger partial charge in [-0.25, -0.2) is 0 Å². The Kier molecular flexibility index (Phi) is 4.03. The first-order valence-corrected chi connectivity index (χ1v) is 7.35. The van der Waals surface area contributed by atoms with Crippen molar-refractivity contribution >= 4 is 0 Å². The van der Waals surface area contributed by atoms with Crippen LogP contribution < -0.4 is 10.6 Å². The van der Waals surface area contributed by atoms with Crippen LogP contribution >= 0.6 is 0 Å². The predicted octanol–water partition coefficient (Wildman–Crippen LogP) is 3.00. The summed E-state index contributed by atoms with van der Waals surface area (Å²) in [6.45, 7) is 13.5. The van der Waals surface area contributed by atoms with Gasteiger partial charge in [-0.15, -0.1) is 0 Å². The molecular weight excluding hydrogens is 232 g/mol. The van der Waals surface area contributed by atoms with E-state index < -0.39 is 0 Å². The number of hydrogen-bond donors (Lipinski definition) is 2. The summed E-state index contributed by atoms with van der Waals surface area (Å²) in [5.41, 5.74) is 3.30. The Bertz CT molecular complexity index is 435. The van der Waals surface area contributed by atoms with Gasteiger partial charge in [0.1, 0.15) is 0 Å². The summed E-state index contributed by atoms with van der Waals surface area (Å²) in [4.78, 5) is 0. The average molecular weight is 260 g/mol. The molecule has 0 spiro atoms. The maximum absolute atomic E-state index is 3.74. The monoisotopic (exact) mass is 260 g/mol. The molecule has 1 heterocycles. The third-order valence-electron chi connectivity index (χ3n) is 4.29. The normalized spacial score (nSPS) is 22.7. The van der Waals surface area contributed by atoms with E-state index in [1.54, 1.807) is 0 Å². The van der Waals surface area contributed by atoms with Gasteiger partial charge in [-0.2, -0.15) is 0 Å². The van der Waals surface area contributed by atoms with E-state index in [2.05, 4.69) is 69.5 Å². The van der Waals surface area contributed by atoms with Crippen molar-refractivity contribution < 1.29 is 0 Å². The highest BCUT2D eigenvalue weighted by atomic mass is 15.1. The Labute approximate surface area is 118 Å². The lowest BCUT2D eigenvalue weighted by Crippen LogP contribution is -2.40. The average Bonchev–Trinajstić information content (AvgIpc) is 2.67. The Morgan fingerprint density at radius 2 is 2.00 bits per heavy atom. The minimum absolute atomic E-state index is 0.179. The molecule has 1 fully saturated rings. The quantitative estimate of drug-likeness (QED) is 0.869. The summed E-state index contributed by atoms with van der Waals surface area (Å²) in [5.74, 6) is 0. The molecular formula is C17H28N2. The summed E-state index contributed by atoms with van der Waals surface area (Å²) >= 11 is 0.